The molecule has 106 valence electrons. The number of sulfone groups is 1. The van der Waals surface area contributed by atoms with E-state index in [2.05, 4.69) is 5.73 Å². The van der Waals surface area contributed by atoms with Gasteiger partial charge in [-0.25, -0.2) is 12.8 Å². The molecule has 6 heteroatoms. The maximum atomic E-state index is 12.9. The fourth-order valence-electron chi connectivity index (χ4n) is 2.00. The molecule has 2 aromatic rings. The largest absolute Gasteiger partial charge is 0.356 e. The van der Waals surface area contributed by atoms with E-state index in [-0.39, 0.29) is 11.4 Å². The fourth-order valence-corrected chi connectivity index (χ4v) is 3.85. The maximum Gasteiger partial charge on any atom is 0.190 e. The predicted molar refractivity (Wildman–Crippen MR) is 75.5 cm³/mol. The van der Waals surface area contributed by atoms with Crippen LogP contribution >= 0.6 is 11.6 Å². The molecular weight excluding hydrogens is 301 g/mol. The summed E-state index contributed by atoms with van der Waals surface area (Å²) in [6.45, 7) is 0.167. The summed E-state index contributed by atoms with van der Waals surface area (Å²) in [4.78, 5) is 0.0764. The Balaban J connectivity index is 2.47. The van der Waals surface area contributed by atoms with Crippen molar-refractivity contribution in [2.45, 2.75) is 10.1 Å². The van der Waals surface area contributed by atoms with Gasteiger partial charge < -0.3 is 5.73 Å². The second-order valence-corrected chi connectivity index (χ2v) is 6.90. The van der Waals surface area contributed by atoms with Crippen LogP contribution in [0.3, 0.4) is 0 Å². The highest BCUT2D eigenvalue weighted by Crippen LogP contribution is 2.29. The van der Waals surface area contributed by atoms with Gasteiger partial charge in [-0.15, -0.1) is 0 Å². The molecule has 0 unspecified atom stereocenters. The molecule has 2 aromatic carbocycles. The van der Waals surface area contributed by atoms with Crippen LogP contribution in [0.5, 0.6) is 0 Å². The third kappa shape index (κ3) is 3.00. The van der Waals surface area contributed by atoms with E-state index < -0.39 is 20.9 Å². The Morgan fingerprint density at radius 3 is 2.35 bits per heavy atom. The molecule has 0 aliphatic heterocycles. The third-order valence-electron chi connectivity index (χ3n) is 3.00. The molecule has 0 saturated carbocycles. The molecule has 0 bridgehead atoms. The zero-order chi connectivity index (χ0) is 14.8. The van der Waals surface area contributed by atoms with E-state index in [0.29, 0.717) is 10.6 Å². The number of hydrogen-bond acceptors (Lipinski definition) is 2. The molecule has 0 heterocycles. The van der Waals surface area contributed by atoms with E-state index in [4.69, 9.17) is 11.6 Å². The minimum atomic E-state index is -3.63. The maximum absolute atomic E-state index is 12.9. The normalized spacial score (nSPS) is 13.2. The van der Waals surface area contributed by atoms with Crippen molar-refractivity contribution in [2.24, 2.45) is 0 Å². The van der Waals surface area contributed by atoms with E-state index in [1.165, 1.54) is 12.1 Å². The van der Waals surface area contributed by atoms with Crippen molar-refractivity contribution in [1.82, 2.24) is 0 Å². The molecule has 0 saturated heterocycles. The Bertz CT molecular complexity index is 701. The van der Waals surface area contributed by atoms with E-state index in [9.17, 15) is 12.8 Å². The van der Waals surface area contributed by atoms with Crippen LogP contribution in [0.15, 0.2) is 53.4 Å². The van der Waals surface area contributed by atoms with Crippen LogP contribution in [0, 0.1) is 5.82 Å². The molecule has 3 nitrogen and oxygen atoms in total. The minimum absolute atomic E-state index is 0.0764. The second kappa shape index (κ2) is 5.91. The number of quaternary nitrogens is 1. The molecular formula is C14H14ClFNO2S+. The highest BCUT2D eigenvalue weighted by molar-refractivity contribution is 7.91. The van der Waals surface area contributed by atoms with E-state index in [1.54, 1.807) is 24.3 Å². The van der Waals surface area contributed by atoms with Crippen LogP contribution in [0.2, 0.25) is 5.02 Å². The molecule has 0 fully saturated rings. The molecule has 0 radical (unpaired) electrons. The third-order valence-corrected chi connectivity index (χ3v) is 5.42. The highest BCUT2D eigenvalue weighted by Gasteiger charge is 2.29. The summed E-state index contributed by atoms with van der Waals surface area (Å²) >= 11 is 5.90. The van der Waals surface area contributed by atoms with Crippen LogP contribution in [-0.2, 0) is 9.84 Å². The van der Waals surface area contributed by atoms with Gasteiger partial charge in [0.1, 0.15) is 11.1 Å². The molecule has 3 N–H and O–H groups in total. The van der Waals surface area contributed by atoms with Gasteiger partial charge in [-0.3, -0.25) is 0 Å². The average Bonchev–Trinajstić information content (AvgIpc) is 2.40. The summed E-state index contributed by atoms with van der Waals surface area (Å²) in [5, 5.41) is -0.332. The van der Waals surface area contributed by atoms with Crippen LogP contribution in [-0.4, -0.2) is 15.0 Å². The summed E-state index contributed by atoms with van der Waals surface area (Å²) in [5.41, 5.74) is 4.29. The molecule has 1 atom stereocenters. The molecule has 0 amide bonds. The van der Waals surface area contributed by atoms with Gasteiger partial charge in [0.25, 0.3) is 0 Å². The van der Waals surface area contributed by atoms with Gasteiger partial charge in [-0.2, -0.15) is 0 Å². The Kier molecular flexibility index (Phi) is 4.42. The average molecular weight is 315 g/mol. The van der Waals surface area contributed by atoms with E-state index in [0.717, 1.165) is 12.1 Å². The first-order valence-corrected chi connectivity index (χ1v) is 7.92. The smallest absolute Gasteiger partial charge is 0.190 e. The monoisotopic (exact) mass is 314 g/mol. The number of rotatable bonds is 4. The summed E-state index contributed by atoms with van der Waals surface area (Å²) in [5.74, 6) is -0.474. The first kappa shape index (κ1) is 15.0. The molecule has 0 aliphatic carbocycles. The van der Waals surface area contributed by atoms with E-state index >= 15 is 0 Å². The summed E-state index contributed by atoms with van der Waals surface area (Å²) in [6, 6.07) is 11.5. The van der Waals surface area contributed by atoms with E-state index in [1.807, 2.05) is 0 Å². The van der Waals surface area contributed by atoms with Crippen molar-refractivity contribution >= 4 is 21.4 Å². The molecule has 0 spiro atoms. The molecule has 2 rings (SSSR count). The number of halogens is 2. The standard InChI is InChI=1S/C14H13ClFNO2S/c15-11-3-1-2-10(8-11)14(9-17)20(18,19)13-6-4-12(16)5-7-13/h1-8,14H,9,17H2/p+1/t14-/m1/s1. The van der Waals surface area contributed by atoms with Gasteiger partial charge in [0.05, 0.1) is 11.4 Å². The van der Waals surface area contributed by atoms with Gasteiger partial charge in [0.15, 0.2) is 9.84 Å². The van der Waals surface area contributed by atoms with Gasteiger partial charge in [0, 0.05) is 5.02 Å². The fraction of sp³-hybridized carbons (Fsp3) is 0.143. The van der Waals surface area contributed by atoms with Gasteiger partial charge >= 0.3 is 0 Å². The lowest BCUT2D eigenvalue weighted by Gasteiger charge is -2.15. The first-order chi connectivity index (χ1) is 9.45. The Hall–Kier alpha value is -1.43. The highest BCUT2D eigenvalue weighted by atomic mass is 35.5. The lowest BCUT2D eigenvalue weighted by atomic mass is 10.1. The van der Waals surface area contributed by atoms with Gasteiger partial charge in [-0.05, 0) is 42.0 Å². The van der Waals surface area contributed by atoms with Crippen LogP contribution < -0.4 is 5.73 Å². The SMILES string of the molecule is [NH3+]C[C@H](c1cccc(Cl)c1)S(=O)(=O)c1ccc(F)cc1. The van der Waals surface area contributed by atoms with Crippen LogP contribution in [0.1, 0.15) is 10.8 Å². The van der Waals surface area contributed by atoms with Crippen molar-refractivity contribution in [1.29, 1.82) is 0 Å². The van der Waals surface area contributed by atoms with Crippen molar-refractivity contribution in [3.05, 3.63) is 64.9 Å². The number of benzene rings is 2. The minimum Gasteiger partial charge on any atom is -0.356 e. The zero-order valence-electron chi connectivity index (χ0n) is 10.6. The molecule has 0 aliphatic rings. The van der Waals surface area contributed by atoms with Crippen LogP contribution in [0.25, 0.3) is 0 Å². The molecule has 20 heavy (non-hydrogen) atoms. The van der Waals surface area contributed by atoms with Crippen molar-refractivity contribution in [3.8, 4) is 0 Å². The van der Waals surface area contributed by atoms with Crippen LogP contribution in [0.4, 0.5) is 4.39 Å². The van der Waals surface area contributed by atoms with Crippen molar-refractivity contribution < 1.29 is 18.5 Å². The predicted octanol–water partition coefficient (Wildman–Crippen LogP) is 2.24. The van der Waals surface area contributed by atoms with Crippen molar-refractivity contribution in [3.63, 3.8) is 0 Å². The summed E-state index contributed by atoms with van der Waals surface area (Å²) in [6.07, 6.45) is 0. The Morgan fingerprint density at radius 2 is 1.80 bits per heavy atom. The summed E-state index contributed by atoms with van der Waals surface area (Å²) < 4.78 is 38.1. The zero-order valence-corrected chi connectivity index (χ0v) is 12.2. The Morgan fingerprint density at radius 1 is 1.15 bits per heavy atom. The number of hydrogen-bond donors (Lipinski definition) is 1. The second-order valence-electron chi connectivity index (χ2n) is 4.33. The quantitative estimate of drug-likeness (QED) is 0.880. The summed E-state index contributed by atoms with van der Waals surface area (Å²) in [7, 11) is -3.63. The van der Waals surface area contributed by atoms with Crippen molar-refractivity contribution in [2.75, 3.05) is 6.54 Å². The Labute approximate surface area is 122 Å². The molecule has 0 aromatic heterocycles. The van der Waals surface area contributed by atoms with Gasteiger partial charge in [-0.1, -0.05) is 23.7 Å². The lowest BCUT2D eigenvalue weighted by molar-refractivity contribution is -0.367. The van der Waals surface area contributed by atoms with Gasteiger partial charge in [0.2, 0.25) is 0 Å². The topological polar surface area (TPSA) is 61.8 Å². The lowest BCUT2D eigenvalue weighted by Crippen LogP contribution is -2.54. The first-order valence-electron chi connectivity index (χ1n) is 5.99.